The second-order valence-electron chi connectivity index (χ2n) is 5.97. The maximum atomic E-state index is 12.4. The number of ether oxygens (including phenoxy) is 2. The summed E-state index contributed by atoms with van der Waals surface area (Å²) >= 11 is 0. The highest BCUT2D eigenvalue weighted by atomic mass is 16.7. The van der Waals surface area contributed by atoms with Crippen LogP contribution in [0.1, 0.15) is 19.8 Å². The van der Waals surface area contributed by atoms with Gasteiger partial charge in [0.25, 0.3) is 0 Å². The number of nitrogens with two attached hydrogens (primary N) is 1. The molecule has 1 aromatic carbocycles. The minimum atomic E-state index is -0.331. The Morgan fingerprint density at radius 1 is 1.35 bits per heavy atom. The monoisotopic (exact) mass is 319 g/mol. The maximum absolute atomic E-state index is 12.4. The number of amides is 2. The number of carbonyl (C=O) groups excluding carboxylic acids is 2. The summed E-state index contributed by atoms with van der Waals surface area (Å²) in [7, 11) is 0. The Bertz CT molecular complexity index is 619. The third-order valence-corrected chi connectivity index (χ3v) is 4.42. The van der Waals surface area contributed by atoms with E-state index in [1.54, 1.807) is 18.2 Å². The molecule has 7 heteroatoms. The molecule has 1 saturated heterocycles. The van der Waals surface area contributed by atoms with Crippen molar-refractivity contribution in [2.24, 2.45) is 11.7 Å². The zero-order valence-corrected chi connectivity index (χ0v) is 13.1. The predicted octanol–water partition coefficient (Wildman–Crippen LogP) is 0.940. The summed E-state index contributed by atoms with van der Waals surface area (Å²) in [5.41, 5.74) is 6.05. The predicted molar refractivity (Wildman–Crippen MR) is 84.1 cm³/mol. The highest BCUT2D eigenvalue weighted by Gasteiger charge is 2.30. The lowest BCUT2D eigenvalue weighted by atomic mass is 9.96. The van der Waals surface area contributed by atoms with Gasteiger partial charge in [-0.15, -0.1) is 0 Å². The molecule has 2 aliphatic heterocycles. The summed E-state index contributed by atoms with van der Waals surface area (Å²) < 4.78 is 10.6. The number of rotatable bonds is 4. The van der Waals surface area contributed by atoms with E-state index in [2.05, 4.69) is 5.32 Å². The number of hydrogen-bond donors (Lipinski definition) is 2. The van der Waals surface area contributed by atoms with Crippen molar-refractivity contribution in [3.05, 3.63) is 18.2 Å². The fourth-order valence-electron chi connectivity index (χ4n) is 2.98. The van der Waals surface area contributed by atoms with Gasteiger partial charge in [-0.3, -0.25) is 14.5 Å². The molecule has 2 atom stereocenters. The van der Waals surface area contributed by atoms with E-state index in [1.807, 2.05) is 11.8 Å². The fraction of sp³-hybridized carbons (Fsp3) is 0.500. The Morgan fingerprint density at radius 2 is 2.13 bits per heavy atom. The largest absolute Gasteiger partial charge is 0.454 e. The number of piperidine rings is 1. The van der Waals surface area contributed by atoms with Crippen LogP contribution in [-0.4, -0.2) is 42.6 Å². The fourth-order valence-corrected chi connectivity index (χ4v) is 2.98. The van der Waals surface area contributed by atoms with Gasteiger partial charge < -0.3 is 20.5 Å². The SMILES string of the molecule is C[C@@H](C(=O)Nc1ccc2c(c1)OCO2)N1CCC[C@H](C(N)=O)C1. The minimum Gasteiger partial charge on any atom is -0.454 e. The Labute approximate surface area is 134 Å². The van der Waals surface area contributed by atoms with Gasteiger partial charge in [0.15, 0.2) is 11.5 Å². The number of hydrogen-bond acceptors (Lipinski definition) is 5. The van der Waals surface area contributed by atoms with Gasteiger partial charge in [0.05, 0.1) is 12.0 Å². The molecule has 2 aliphatic rings. The van der Waals surface area contributed by atoms with E-state index in [4.69, 9.17) is 15.2 Å². The maximum Gasteiger partial charge on any atom is 0.241 e. The summed E-state index contributed by atoms with van der Waals surface area (Å²) in [6.07, 6.45) is 1.66. The summed E-state index contributed by atoms with van der Waals surface area (Å²) in [6, 6.07) is 4.96. The molecule has 0 radical (unpaired) electrons. The van der Waals surface area contributed by atoms with Crippen LogP contribution in [0.25, 0.3) is 0 Å². The number of fused-ring (bicyclic) bond motifs is 1. The van der Waals surface area contributed by atoms with Crippen LogP contribution in [0.4, 0.5) is 5.69 Å². The molecule has 0 aliphatic carbocycles. The first-order valence-electron chi connectivity index (χ1n) is 7.78. The second kappa shape index (κ2) is 6.45. The molecule has 3 N–H and O–H groups in total. The third kappa shape index (κ3) is 3.39. The summed E-state index contributed by atoms with van der Waals surface area (Å²) in [4.78, 5) is 25.8. The zero-order valence-electron chi connectivity index (χ0n) is 13.1. The molecule has 2 heterocycles. The molecule has 0 spiro atoms. The van der Waals surface area contributed by atoms with E-state index < -0.39 is 0 Å². The summed E-state index contributed by atoms with van der Waals surface area (Å²) in [5, 5.41) is 2.88. The number of anilines is 1. The van der Waals surface area contributed by atoms with Crippen LogP contribution in [0.2, 0.25) is 0 Å². The number of carbonyl (C=O) groups is 2. The third-order valence-electron chi connectivity index (χ3n) is 4.42. The first-order valence-corrected chi connectivity index (χ1v) is 7.78. The van der Waals surface area contributed by atoms with Gasteiger partial charge in [-0.05, 0) is 38.4 Å². The average Bonchev–Trinajstić information content (AvgIpc) is 3.01. The van der Waals surface area contributed by atoms with Gasteiger partial charge in [0, 0.05) is 18.3 Å². The zero-order chi connectivity index (χ0) is 16.4. The molecule has 1 aromatic rings. The van der Waals surface area contributed by atoms with E-state index in [9.17, 15) is 9.59 Å². The Kier molecular flexibility index (Phi) is 4.38. The quantitative estimate of drug-likeness (QED) is 0.861. The Balaban J connectivity index is 1.62. The van der Waals surface area contributed by atoms with Gasteiger partial charge in [0.1, 0.15) is 0 Å². The van der Waals surface area contributed by atoms with E-state index in [1.165, 1.54) is 0 Å². The molecule has 124 valence electrons. The van der Waals surface area contributed by atoms with Crippen molar-refractivity contribution in [1.29, 1.82) is 0 Å². The number of nitrogens with zero attached hydrogens (tertiary/aromatic N) is 1. The van der Waals surface area contributed by atoms with Crippen LogP contribution in [0.3, 0.4) is 0 Å². The van der Waals surface area contributed by atoms with Gasteiger partial charge in [-0.2, -0.15) is 0 Å². The van der Waals surface area contributed by atoms with Crippen molar-refractivity contribution in [2.45, 2.75) is 25.8 Å². The van der Waals surface area contributed by atoms with Crippen molar-refractivity contribution in [3.63, 3.8) is 0 Å². The molecule has 0 aromatic heterocycles. The van der Waals surface area contributed by atoms with Crippen molar-refractivity contribution < 1.29 is 19.1 Å². The molecule has 3 rings (SSSR count). The summed E-state index contributed by atoms with van der Waals surface area (Å²) in [6.45, 7) is 3.36. The Morgan fingerprint density at radius 3 is 2.91 bits per heavy atom. The molecule has 23 heavy (non-hydrogen) atoms. The van der Waals surface area contributed by atoms with Crippen molar-refractivity contribution in [2.75, 3.05) is 25.2 Å². The molecule has 0 saturated carbocycles. The lowest BCUT2D eigenvalue weighted by Gasteiger charge is -2.34. The topological polar surface area (TPSA) is 93.9 Å². The first-order chi connectivity index (χ1) is 11.0. The minimum absolute atomic E-state index is 0.117. The van der Waals surface area contributed by atoms with Crippen LogP contribution in [0.15, 0.2) is 18.2 Å². The van der Waals surface area contributed by atoms with Crippen LogP contribution in [0.5, 0.6) is 11.5 Å². The molecular weight excluding hydrogens is 298 g/mol. The summed E-state index contributed by atoms with van der Waals surface area (Å²) in [5.74, 6) is 0.718. The number of benzene rings is 1. The van der Waals surface area contributed by atoms with Gasteiger partial charge in [-0.25, -0.2) is 0 Å². The Hall–Kier alpha value is -2.28. The number of likely N-dealkylation sites (tertiary alicyclic amines) is 1. The average molecular weight is 319 g/mol. The standard InChI is InChI=1S/C16H21N3O4/c1-10(19-6-2-3-11(8-19)15(17)20)16(21)18-12-4-5-13-14(7-12)23-9-22-13/h4-5,7,10-11H,2-3,6,8-9H2,1H3,(H2,17,20)(H,18,21)/t10-,11-/m0/s1. The normalized spacial score (nSPS) is 21.7. The van der Waals surface area contributed by atoms with Crippen LogP contribution >= 0.6 is 0 Å². The second-order valence-corrected chi connectivity index (χ2v) is 5.97. The highest BCUT2D eigenvalue weighted by Crippen LogP contribution is 2.34. The van der Waals surface area contributed by atoms with Crippen molar-refractivity contribution in [1.82, 2.24) is 4.90 Å². The van der Waals surface area contributed by atoms with E-state index in [-0.39, 0.29) is 30.6 Å². The molecule has 0 bridgehead atoms. The van der Waals surface area contributed by atoms with Gasteiger partial charge in [-0.1, -0.05) is 0 Å². The van der Waals surface area contributed by atoms with Crippen LogP contribution in [-0.2, 0) is 9.59 Å². The van der Waals surface area contributed by atoms with E-state index >= 15 is 0 Å². The van der Waals surface area contributed by atoms with Gasteiger partial charge >= 0.3 is 0 Å². The van der Waals surface area contributed by atoms with E-state index in [0.717, 1.165) is 19.4 Å². The van der Waals surface area contributed by atoms with Crippen LogP contribution < -0.4 is 20.5 Å². The lowest BCUT2D eigenvalue weighted by Crippen LogP contribution is -2.49. The van der Waals surface area contributed by atoms with Crippen molar-refractivity contribution >= 4 is 17.5 Å². The molecular formula is C16H21N3O4. The number of primary amides is 1. The smallest absolute Gasteiger partial charge is 0.241 e. The molecule has 0 unspecified atom stereocenters. The van der Waals surface area contributed by atoms with Gasteiger partial charge in [0.2, 0.25) is 18.6 Å². The lowest BCUT2D eigenvalue weighted by molar-refractivity contribution is -0.127. The van der Waals surface area contributed by atoms with E-state index in [0.29, 0.717) is 23.7 Å². The molecule has 2 amide bonds. The highest BCUT2D eigenvalue weighted by molar-refractivity contribution is 5.95. The van der Waals surface area contributed by atoms with Crippen LogP contribution in [0, 0.1) is 5.92 Å². The molecule has 7 nitrogen and oxygen atoms in total. The first kappa shape index (κ1) is 15.6. The molecule has 1 fully saturated rings. The number of nitrogens with one attached hydrogen (secondary N) is 1. The van der Waals surface area contributed by atoms with Crippen molar-refractivity contribution in [3.8, 4) is 11.5 Å².